The van der Waals surface area contributed by atoms with Crippen molar-refractivity contribution in [3.63, 3.8) is 0 Å². The van der Waals surface area contributed by atoms with Crippen molar-refractivity contribution in [2.24, 2.45) is 11.5 Å². The maximum atomic E-state index is 12.0. The van der Waals surface area contributed by atoms with Gasteiger partial charge in [-0.2, -0.15) is 0 Å². The molecule has 1 aromatic rings. The molecule has 2 amide bonds. The molecule has 0 saturated carbocycles. The lowest BCUT2D eigenvalue weighted by molar-refractivity contribution is -0.126. The number of nitrogens with two attached hydrogens (primary N) is 2. The second-order valence-corrected chi connectivity index (χ2v) is 5.02. The highest BCUT2D eigenvalue weighted by atomic mass is 35.5. The van der Waals surface area contributed by atoms with E-state index < -0.39 is 12.0 Å². The first-order valence-corrected chi connectivity index (χ1v) is 6.64. The number of rotatable bonds is 4. The largest absolute Gasteiger partial charge is 0.366 e. The Labute approximate surface area is 121 Å². The van der Waals surface area contributed by atoms with Crippen LogP contribution in [0.2, 0.25) is 5.02 Å². The predicted octanol–water partition coefficient (Wildman–Crippen LogP) is 0.884. The van der Waals surface area contributed by atoms with Gasteiger partial charge in [-0.25, -0.2) is 0 Å². The molecule has 0 aliphatic carbocycles. The SMILES string of the molecule is NC[C@H]1CC[C@@H](C(=O)Nc2ccc(C(N)=O)c(Cl)c2)O1. The summed E-state index contributed by atoms with van der Waals surface area (Å²) < 4.78 is 5.49. The van der Waals surface area contributed by atoms with Crippen LogP contribution in [-0.4, -0.2) is 30.6 Å². The van der Waals surface area contributed by atoms with Crippen molar-refractivity contribution in [2.45, 2.75) is 25.0 Å². The summed E-state index contributed by atoms with van der Waals surface area (Å²) in [5, 5.41) is 2.89. The minimum atomic E-state index is -0.613. The van der Waals surface area contributed by atoms with Gasteiger partial charge in [-0.15, -0.1) is 0 Å². The fourth-order valence-electron chi connectivity index (χ4n) is 2.09. The molecule has 1 aliphatic heterocycles. The second-order valence-electron chi connectivity index (χ2n) is 4.61. The molecule has 2 rings (SSSR count). The molecule has 1 saturated heterocycles. The fourth-order valence-corrected chi connectivity index (χ4v) is 2.36. The van der Waals surface area contributed by atoms with Crippen molar-refractivity contribution >= 4 is 29.1 Å². The third-order valence-corrected chi connectivity index (χ3v) is 3.48. The minimum Gasteiger partial charge on any atom is -0.366 e. The molecule has 0 aromatic heterocycles. The first-order valence-electron chi connectivity index (χ1n) is 6.27. The molecular formula is C13H16ClN3O3. The van der Waals surface area contributed by atoms with Crippen LogP contribution < -0.4 is 16.8 Å². The summed E-state index contributed by atoms with van der Waals surface area (Å²) in [4.78, 5) is 23.0. The molecule has 5 N–H and O–H groups in total. The van der Waals surface area contributed by atoms with Crippen LogP contribution in [0.25, 0.3) is 0 Å². The molecule has 1 aliphatic rings. The Morgan fingerprint density at radius 1 is 1.40 bits per heavy atom. The average molecular weight is 298 g/mol. The lowest BCUT2D eigenvalue weighted by Gasteiger charge is -2.13. The first-order chi connectivity index (χ1) is 9.51. The monoisotopic (exact) mass is 297 g/mol. The lowest BCUT2D eigenvalue weighted by atomic mass is 10.1. The third-order valence-electron chi connectivity index (χ3n) is 3.16. The molecule has 0 unspecified atom stereocenters. The molecule has 0 spiro atoms. The number of benzene rings is 1. The summed E-state index contributed by atoms with van der Waals surface area (Å²) in [5.41, 5.74) is 11.4. The van der Waals surface area contributed by atoms with Crippen molar-refractivity contribution in [1.82, 2.24) is 0 Å². The van der Waals surface area contributed by atoms with Gasteiger partial charge in [-0.3, -0.25) is 9.59 Å². The van der Waals surface area contributed by atoms with Crippen molar-refractivity contribution in [1.29, 1.82) is 0 Å². The number of halogens is 1. The summed E-state index contributed by atoms with van der Waals surface area (Å²) in [6.07, 6.45) is 0.848. The van der Waals surface area contributed by atoms with E-state index in [0.717, 1.165) is 6.42 Å². The van der Waals surface area contributed by atoms with Crippen LogP contribution in [0.15, 0.2) is 18.2 Å². The molecule has 1 aromatic carbocycles. The van der Waals surface area contributed by atoms with E-state index in [1.807, 2.05) is 0 Å². The van der Waals surface area contributed by atoms with Gasteiger partial charge in [0.2, 0.25) is 5.91 Å². The van der Waals surface area contributed by atoms with Crippen molar-refractivity contribution < 1.29 is 14.3 Å². The van der Waals surface area contributed by atoms with Gasteiger partial charge in [-0.05, 0) is 31.0 Å². The Balaban J connectivity index is 2.02. The molecule has 6 nitrogen and oxygen atoms in total. The number of carbonyl (C=O) groups is 2. The van der Waals surface area contributed by atoms with Gasteiger partial charge >= 0.3 is 0 Å². The van der Waals surface area contributed by atoms with Gasteiger partial charge in [0, 0.05) is 12.2 Å². The normalized spacial score (nSPS) is 21.7. The molecule has 2 atom stereocenters. The molecular weight excluding hydrogens is 282 g/mol. The summed E-state index contributed by atoms with van der Waals surface area (Å²) in [6.45, 7) is 0.406. The van der Waals surface area contributed by atoms with Gasteiger partial charge in [0.05, 0.1) is 16.7 Å². The van der Waals surface area contributed by atoms with E-state index in [1.54, 1.807) is 6.07 Å². The lowest BCUT2D eigenvalue weighted by Crippen LogP contribution is -2.29. The van der Waals surface area contributed by atoms with Gasteiger partial charge in [0.25, 0.3) is 5.91 Å². The number of anilines is 1. The van der Waals surface area contributed by atoms with Crippen LogP contribution in [0.4, 0.5) is 5.69 Å². The second kappa shape index (κ2) is 6.21. The maximum Gasteiger partial charge on any atom is 0.253 e. The number of ether oxygens (including phenoxy) is 1. The van der Waals surface area contributed by atoms with Crippen LogP contribution in [0.3, 0.4) is 0 Å². The Morgan fingerprint density at radius 3 is 2.70 bits per heavy atom. The maximum absolute atomic E-state index is 12.0. The quantitative estimate of drug-likeness (QED) is 0.767. The van der Waals surface area contributed by atoms with E-state index in [0.29, 0.717) is 18.7 Å². The zero-order valence-electron chi connectivity index (χ0n) is 10.8. The average Bonchev–Trinajstić information content (AvgIpc) is 2.87. The molecule has 108 valence electrons. The zero-order valence-corrected chi connectivity index (χ0v) is 11.5. The smallest absolute Gasteiger partial charge is 0.253 e. The van der Waals surface area contributed by atoms with Crippen molar-refractivity contribution in [3.8, 4) is 0 Å². The van der Waals surface area contributed by atoms with Gasteiger partial charge < -0.3 is 21.5 Å². The number of hydrogen-bond donors (Lipinski definition) is 3. The third kappa shape index (κ3) is 3.27. The molecule has 20 heavy (non-hydrogen) atoms. The van der Waals surface area contributed by atoms with Crippen LogP contribution in [0.1, 0.15) is 23.2 Å². The first kappa shape index (κ1) is 14.8. The molecule has 1 fully saturated rings. The molecule has 0 bridgehead atoms. The Bertz CT molecular complexity index is 536. The Morgan fingerprint density at radius 2 is 2.15 bits per heavy atom. The Hall–Kier alpha value is -1.63. The summed E-state index contributed by atoms with van der Waals surface area (Å²) in [5.74, 6) is -0.860. The summed E-state index contributed by atoms with van der Waals surface area (Å²) in [7, 11) is 0. The van der Waals surface area contributed by atoms with Crippen molar-refractivity contribution in [2.75, 3.05) is 11.9 Å². The number of amides is 2. The van der Waals surface area contributed by atoms with E-state index in [4.69, 9.17) is 27.8 Å². The highest BCUT2D eigenvalue weighted by Crippen LogP contribution is 2.23. The topological polar surface area (TPSA) is 107 Å². The van der Waals surface area contributed by atoms with E-state index >= 15 is 0 Å². The number of hydrogen-bond acceptors (Lipinski definition) is 4. The highest BCUT2D eigenvalue weighted by molar-refractivity contribution is 6.34. The minimum absolute atomic E-state index is 0.0634. The van der Waals surface area contributed by atoms with Crippen molar-refractivity contribution in [3.05, 3.63) is 28.8 Å². The van der Waals surface area contributed by atoms with E-state index in [-0.39, 0.29) is 22.6 Å². The van der Waals surface area contributed by atoms with Crippen LogP contribution in [-0.2, 0) is 9.53 Å². The van der Waals surface area contributed by atoms with Gasteiger partial charge in [0.1, 0.15) is 6.10 Å². The Kier molecular flexibility index (Phi) is 4.59. The summed E-state index contributed by atoms with van der Waals surface area (Å²) in [6, 6.07) is 4.52. The van der Waals surface area contributed by atoms with Gasteiger partial charge in [-0.1, -0.05) is 11.6 Å². The van der Waals surface area contributed by atoms with Crippen LogP contribution in [0.5, 0.6) is 0 Å². The molecule has 0 radical (unpaired) electrons. The fraction of sp³-hybridized carbons (Fsp3) is 0.385. The summed E-state index contributed by atoms with van der Waals surface area (Å²) >= 11 is 5.91. The zero-order chi connectivity index (χ0) is 14.7. The highest BCUT2D eigenvalue weighted by Gasteiger charge is 2.29. The molecule has 1 heterocycles. The number of primary amides is 1. The standard InChI is InChI=1S/C13H16ClN3O3/c14-10-5-7(1-3-9(10)12(16)18)17-13(19)11-4-2-8(6-15)20-11/h1,3,5,8,11H,2,4,6,15H2,(H2,16,18)(H,17,19)/t8-,11+/m1/s1. The van der Waals surface area contributed by atoms with Crippen LogP contribution in [0, 0.1) is 0 Å². The van der Waals surface area contributed by atoms with E-state index in [2.05, 4.69) is 5.32 Å². The van der Waals surface area contributed by atoms with E-state index in [9.17, 15) is 9.59 Å². The predicted molar refractivity (Wildman–Crippen MR) is 75.5 cm³/mol. The number of nitrogens with one attached hydrogen (secondary N) is 1. The van der Waals surface area contributed by atoms with Gasteiger partial charge in [0.15, 0.2) is 0 Å². The molecule has 7 heteroatoms. The van der Waals surface area contributed by atoms with E-state index in [1.165, 1.54) is 12.1 Å². The number of carbonyl (C=O) groups excluding carboxylic acids is 2. The van der Waals surface area contributed by atoms with Crippen LogP contribution >= 0.6 is 11.6 Å².